The lowest BCUT2D eigenvalue weighted by molar-refractivity contribution is -0.145. The number of ketones is 1. The molecule has 0 N–H and O–H groups in total. The Hall–Kier alpha value is -1.92. The van der Waals surface area contributed by atoms with Gasteiger partial charge in [-0.2, -0.15) is 0 Å². The molecular weight excluding hydrogens is 376 g/mol. The van der Waals surface area contributed by atoms with Gasteiger partial charge >= 0.3 is 5.97 Å². The third-order valence-corrected chi connectivity index (χ3v) is 4.66. The minimum Gasteiger partial charge on any atom is -0.468 e. The summed E-state index contributed by atoms with van der Waals surface area (Å²) in [6.45, 7) is 2.15. The average Bonchev–Trinajstić information content (AvgIpc) is 2.90. The first kappa shape index (κ1) is 16.9. The second kappa shape index (κ2) is 6.91. The Labute approximate surface area is 148 Å². The second-order valence-electron chi connectivity index (χ2n) is 5.53. The lowest BCUT2D eigenvalue weighted by atomic mass is 9.99. The van der Waals surface area contributed by atoms with Crippen LogP contribution in [0.3, 0.4) is 0 Å². The highest BCUT2D eigenvalue weighted by Crippen LogP contribution is 2.39. The normalized spacial score (nSPS) is 16.3. The molecule has 0 fully saturated rings. The zero-order valence-electron chi connectivity index (χ0n) is 13.4. The maximum atomic E-state index is 12.8. The van der Waals surface area contributed by atoms with Crippen LogP contribution in [0.4, 0.5) is 0 Å². The van der Waals surface area contributed by atoms with Crippen molar-refractivity contribution in [1.29, 1.82) is 0 Å². The van der Waals surface area contributed by atoms with Crippen LogP contribution in [0, 0.1) is 5.92 Å². The molecule has 0 amide bonds. The van der Waals surface area contributed by atoms with Gasteiger partial charge in [-0.05, 0) is 52.4 Å². The summed E-state index contributed by atoms with van der Waals surface area (Å²) < 4.78 is 16.2. The number of methoxy groups -OCH3 is 1. The number of esters is 1. The summed E-state index contributed by atoms with van der Waals surface area (Å²) in [6.07, 6.45) is 0.386. The van der Waals surface area contributed by atoms with Crippen LogP contribution in [0.15, 0.2) is 28.7 Å². The molecule has 126 valence electrons. The first-order chi connectivity index (χ1) is 11.6. The Morgan fingerprint density at radius 1 is 1.33 bits per heavy atom. The van der Waals surface area contributed by atoms with Crippen LogP contribution >= 0.6 is 15.9 Å². The zero-order valence-corrected chi connectivity index (χ0v) is 15.0. The van der Waals surface area contributed by atoms with Crippen LogP contribution in [0.1, 0.15) is 22.8 Å². The SMILES string of the molecule is CCOC(=O)C1Cc2ccc3cc(OCOC)cc(Br)c3c2C1=O. The Balaban J connectivity index is 2.05. The van der Waals surface area contributed by atoms with E-state index >= 15 is 0 Å². The van der Waals surface area contributed by atoms with Crippen LogP contribution in [-0.2, 0) is 20.7 Å². The van der Waals surface area contributed by atoms with Crippen molar-refractivity contribution in [3.63, 3.8) is 0 Å². The topological polar surface area (TPSA) is 61.8 Å². The number of ether oxygens (including phenoxy) is 3. The maximum Gasteiger partial charge on any atom is 0.317 e. The molecule has 2 aromatic carbocycles. The van der Waals surface area contributed by atoms with Gasteiger partial charge in [0.25, 0.3) is 0 Å². The lowest BCUT2D eigenvalue weighted by Gasteiger charge is -2.11. The van der Waals surface area contributed by atoms with E-state index in [-0.39, 0.29) is 19.2 Å². The summed E-state index contributed by atoms with van der Waals surface area (Å²) in [7, 11) is 1.55. The van der Waals surface area contributed by atoms with Gasteiger partial charge in [0.05, 0.1) is 6.61 Å². The molecule has 0 bridgehead atoms. The molecule has 0 radical (unpaired) electrons. The van der Waals surface area contributed by atoms with Gasteiger partial charge < -0.3 is 14.2 Å². The standard InChI is InChI=1S/C18H17BrO5/c1-3-23-18(21)13-7-11-5-4-10-6-12(24-9-22-2)8-14(19)15(10)16(11)17(13)20/h4-6,8,13H,3,7,9H2,1-2H3. The summed E-state index contributed by atoms with van der Waals surface area (Å²) in [5, 5.41) is 1.67. The van der Waals surface area contributed by atoms with E-state index in [1.165, 1.54) is 0 Å². The van der Waals surface area contributed by atoms with E-state index in [2.05, 4.69) is 15.9 Å². The largest absolute Gasteiger partial charge is 0.468 e. The monoisotopic (exact) mass is 392 g/mol. The van der Waals surface area contributed by atoms with Crippen molar-refractivity contribution in [2.24, 2.45) is 5.92 Å². The summed E-state index contributed by atoms with van der Waals surface area (Å²) in [6, 6.07) is 7.47. The average molecular weight is 393 g/mol. The number of Topliss-reactive ketones (excluding diaryl/α,β-unsaturated/α-hetero) is 1. The fourth-order valence-electron chi connectivity index (χ4n) is 3.01. The summed E-state index contributed by atoms with van der Waals surface area (Å²) in [5.41, 5.74) is 1.47. The van der Waals surface area contributed by atoms with Crippen molar-refractivity contribution in [3.05, 3.63) is 39.9 Å². The van der Waals surface area contributed by atoms with E-state index in [0.717, 1.165) is 20.8 Å². The van der Waals surface area contributed by atoms with Crippen molar-refractivity contribution >= 4 is 38.5 Å². The van der Waals surface area contributed by atoms with Gasteiger partial charge in [-0.1, -0.05) is 12.1 Å². The van der Waals surface area contributed by atoms with Crippen molar-refractivity contribution in [2.75, 3.05) is 20.5 Å². The highest BCUT2D eigenvalue weighted by atomic mass is 79.9. The molecule has 1 aliphatic rings. The number of hydrogen-bond donors (Lipinski definition) is 0. The third kappa shape index (κ3) is 2.91. The van der Waals surface area contributed by atoms with Gasteiger partial charge in [0, 0.05) is 22.5 Å². The quantitative estimate of drug-likeness (QED) is 0.442. The summed E-state index contributed by atoms with van der Waals surface area (Å²) in [5.74, 6) is -0.742. The molecule has 0 saturated carbocycles. The Bertz CT molecular complexity index is 815. The maximum absolute atomic E-state index is 12.8. The summed E-state index contributed by atoms with van der Waals surface area (Å²) in [4.78, 5) is 24.8. The number of benzene rings is 2. The Morgan fingerprint density at radius 3 is 2.83 bits per heavy atom. The first-order valence-electron chi connectivity index (χ1n) is 7.64. The van der Waals surface area contributed by atoms with Crippen LogP contribution in [0.2, 0.25) is 0 Å². The van der Waals surface area contributed by atoms with Crippen LogP contribution < -0.4 is 4.74 Å². The molecule has 0 heterocycles. The van der Waals surface area contributed by atoms with Crippen LogP contribution in [-0.4, -0.2) is 32.3 Å². The predicted molar refractivity (Wildman–Crippen MR) is 92.3 cm³/mol. The number of rotatable bonds is 5. The highest BCUT2D eigenvalue weighted by Gasteiger charge is 2.38. The molecule has 24 heavy (non-hydrogen) atoms. The van der Waals surface area contributed by atoms with Crippen LogP contribution in [0.5, 0.6) is 5.75 Å². The molecule has 0 saturated heterocycles. The Morgan fingerprint density at radius 2 is 2.12 bits per heavy atom. The molecular formula is C18H17BrO5. The molecule has 6 heteroatoms. The van der Waals surface area contributed by atoms with Gasteiger partial charge in [-0.3, -0.25) is 9.59 Å². The fraction of sp³-hybridized carbons (Fsp3) is 0.333. The predicted octanol–water partition coefficient (Wildman–Crippen LogP) is 3.50. The fourth-order valence-corrected chi connectivity index (χ4v) is 3.67. The van der Waals surface area contributed by atoms with Gasteiger partial charge in [0.2, 0.25) is 0 Å². The molecule has 2 aromatic rings. The minimum absolute atomic E-state index is 0.146. The van der Waals surface area contributed by atoms with Crippen molar-refractivity contribution < 1.29 is 23.8 Å². The van der Waals surface area contributed by atoms with E-state index < -0.39 is 11.9 Å². The van der Waals surface area contributed by atoms with E-state index in [1.54, 1.807) is 20.1 Å². The van der Waals surface area contributed by atoms with E-state index in [0.29, 0.717) is 17.7 Å². The van der Waals surface area contributed by atoms with Gasteiger partial charge in [-0.15, -0.1) is 0 Å². The molecule has 5 nitrogen and oxygen atoms in total. The molecule has 3 rings (SSSR count). The molecule has 1 unspecified atom stereocenters. The van der Waals surface area contributed by atoms with E-state index in [1.807, 2.05) is 18.2 Å². The van der Waals surface area contributed by atoms with Crippen molar-refractivity contribution in [1.82, 2.24) is 0 Å². The van der Waals surface area contributed by atoms with Crippen LogP contribution in [0.25, 0.3) is 10.8 Å². The number of fused-ring (bicyclic) bond motifs is 3. The minimum atomic E-state index is -0.748. The molecule has 0 aromatic heterocycles. The van der Waals surface area contributed by atoms with Gasteiger partial charge in [-0.25, -0.2) is 0 Å². The highest BCUT2D eigenvalue weighted by molar-refractivity contribution is 9.10. The number of hydrogen-bond acceptors (Lipinski definition) is 5. The summed E-state index contributed by atoms with van der Waals surface area (Å²) >= 11 is 3.52. The van der Waals surface area contributed by atoms with Gasteiger partial charge in [0.15, 0.2) is 12.6 Å². The van der Waals surface area contributed by atoms with Crippen molar-refractivity contribution in [2.45, 2.75) is 13.3 Å². The number of carbonyl (C=O) groups excluding carboxylic acids is 2. The zero-order chi connectivity index (χ0) is 17.3. The van der Waals surface area contributed by atoms with E-state index in [4.69, 9.17) is 14.2 Å². The third-order valence-electron chi connectivity index (χ3n) is 4.03. The smallest absolute Gasteiger partial charge is 0.317 e. The van der Waals surface area contributed by atoms with E-state index in [9.17, 15) is 9.59 Å². The number of carbonyl (C=O) groups is 2. The molecule has 0 spiro atoms. The molecule has 1 atom stereocenters. The number of halogens is 1. The Kier molecular flexibility index (Phi) is 4.87. The lowest BCUT2D eigenvalue weighted by Crippen LogP contribution is -2.23. The van der Waals surface area contributed by atoms with Crippen molar-refractivity contribution in [3.8, 4) is 5.75 Å². The first-order valence-corrected chi connectivity index (χ1v) is 8.43. The molecule has 1 aliphatic carbocycles. The second-order valence-corrected chi connectivity index (χ2v) is 6.38. The van der Waals surface area contributed by atoms with Gasteiger partial charge in [0.1, 0.15) is 11.7 Å². The molecule has 0 aliphatic heterocycles.